The Morgan fingerprint density at radius 3 is 2.25 bits per heavy atom. The molecule has 0 spiro atoms. The molecule has 4 nitrogen and oxygen atoms in total. The van der Waals surface area contributed by atoms with Crippen LogP contribution in [0.15, 0.2) is 72.8 Å². The van der Waals surface area contributed by atoms with E-state index in [1.54, 1.807) is 0 Å². The van der Waals surface area contributed by atoms with Crippen molar-refractivity contribution in [2.45, 2.75) is 0 Å². The Labute approximate surface area is 139 Å². The lowest BCUT2D eigenvalue weighted by atomic mass is 10.1. The van der Waals surface area contributed by atoms with Gasteiger partial charge < -0.3 is 15.2 Å². The van der Waals surface area contributed by atoms with Crippen molar-refractivity contribution in [1.82, 2.24) is 4.57 Å². The number of nitrogens with zero attached hydrogens (tertiary/aromatic N) is 1. The van der Waals surface area contributed by atoms with Crippen LogP contribution >= 0.6 is 0 Å². The Hall–Kier alpha value is -3.27. The molecule has 0 unspecified atom stereocenters. The number of hydrogen-bond donors (Lipinski definition) is 2. The second-order valence-electron chi connectivity index (χ2n) is 5.75. The van der Waals surface area contributed by atoms with Crippen LogP contribution in [0.2, 0.25) is 0 Å². The molecular weight excluding hydrogens is 298 g/mol. The van der Waals surface area contributed by atoms with Gasteiger partial charge in [-0.25, -0.2) is 4.79 Å². The molecule has 0 aliphatic heterocycles. The summed E-state index contributed by atoms with van der Waals surface area (Å²) in [4.78, 5) is 12.2. The van der Waals surface area contributed by atoms with E-state index in [1.165, 1.54) is 10.9 Å². The predicted molar refractivity (Wildman–Crippen MR) is 99.5 cm³/mol. The third kappa shape index (κ3) is 2.48. The number of fused-ring (bicyclic) bond motifs is 3. The molecule has 0 bridgehead atoms. The van der Waals surface area contributed by atoms with Crippen LogP contribution in [0, 0.1) is 0 Å². The molecule has 0 saturated heterocycles. The predicted octanol–water partition coefficient (Wildman–Crippen LogP) is 4.98. The first-order valence-corrected chi connectivity index (χ1v) is 7.82. The quantitative estimate of drug-likeness (QED) is 0.538. The molecule has 4 rings (SSSR count). The number of carbonyl (C=O) groups excluding carboxylic acids is 1. The first kappa shape index (κ1) is 14.3. The SMILES string of the molecule is Cn1c2ccccc2c2cc(NC(=O)Nc3ccccc3)ccc21. The van der Waals surface area contributed by atoms with Crippen LogP contribution in [-0.2, 0) is 7.05 Å². The van der Waals surface area contributed by atoms with Crippen LogP contribution in [0.3, 0.4) is 0 Å². The minimum atomic E-state index is -0.249. The van der Waals surface area contributed by atoms with E-state index in [4.69, 9.17) is 0 Å². The summed E-state index contributed by atoms with van der Waals surface area (Å²) in [6, 6.07) is 23.4. The molecule has 0 fully saturated rings. The molecule has 1 heterocycles. The number of hydrogen-bond acceptors (Lipinski definition) is 1. The smallest absolute Gasteiger partial charge is 0.323 e. The Morgan fingerprint density at radius 2 is 1.42 bits per heavy atom. The molecule has 118 valence electrons. The molecule has 0 saturated carbocycles. The molecule has 0 radical (unpaired) electrons. The van der Waals surface area contributed by atoms with E-state index in [-0.39, 0.29) is 6.03 Å². The van der Waals surface area contributed by atoms with Crippen molar-refractivity contribution in [1.29, 1.82) is 0 Å². The van der Waals surface area contributed by atoms with Gasteiger partial charge in [0.15, 0.2) is 0 Å². The van der Waals surface area contributed by atoms with Gasteiger partial charge in [-0.15, -0.1) is 0 Å². The van der Waals surface area contributed by atoms with E-state index in [0.717, 1.165) is 22.3 Å². The lowest BCUT2D eigenvalue weighted by molar-refractivity contribution is 0.262. The van der Waals surface area contributed by atoms with Gasteiger partial charge in [0, 0.05) is 40.2 Å². The van der Waals surface area contributed by atoms with Crippen molar-refractivity contribution in [2.75, 3.05) is 10.6 Å². The fourth-order valence-electron chi connectivity index (χ4n) is 3.06. The standard InChI is InChI=1S/C20H17N3O/c1-23-18-10-6-5-9-16(18)17-13-15(11-12-19(17)23)22-20(24)21-14-7-3-2-4-8-14/h2-13H,1H3,(H2,21,22,24). The molecule has 4 heteroatoms. The first-order valence-electron chi connectivity index (χ1n) is 7.82. The zero-order valence-corrected chi connectivity index (χ0v) is 13.3. The highest BCUT2D eigenvalue weighted by atomic mass is 16.2. The van der Waals surface area contributed by atoms with Gasteiger partial charge in [-0.3, -0.25) is 0 Å². The van der Waals surface area contributed by atoms with Crippen LogP contribution in [0.1, 0.15) is 0 Å². The van der Waals surface area contributed by atoms with Crippen LogP contribution in [0.5, 0.6) is 0 Å². The number of para-hydroxylation sites is 2. The van der Waals surface area contributed by atoms with Crippen LogP contribution in [0.4, 0.5) is 16.2 Å². The fourth-order valence-corrected chi connectivity index (χ4v) is 3.06. The van der Waals surface area contributed by atoms with Crippen molar-refractivity contribution in [2.24, 2.45) is 7.05 Å². The molecule has 0 aliphatic carbocycles. The van der Waals surface area contributed by atoms with Crippen molar-refractivity contribution in [3.8, 4) is 0 Å². The highest BCUT2D eigenvalue weighted by Crippen LogP contribution is 2.30. The van der Waals surface area contributed by atoms with E-state index in [9.17, 15) is 4.79 Å². The van der Waals surface area contributed by atoms with Gasteiger partial charge in [0.05, 0.1) is 0 Å². The van der Waals surface area contributed by atoms with Gasteiger partial charge in [0.2, 0.25) is 0 Å². The van der Waals surface area contributed by atoms with Gasteiger partial charge in [-0.1, -0.05) is 36.4 Å². The normalized spacial score (nSPS) is 10.9. The maximum atomic E-state index is 12.2. The lowest BCUT2D eigenvalue weighted by Crippen LogP contribution is -2.19. The molecule has 2 amide bonds. The van der Waals surface area contributed by atoms with E-state index in [2.05, 4.69) is 34.4 Å². The van der Waals surface area contributed by atoms with Crippen LogP contribution < -0.4 is 10.6 Å². The average Bonchev–Trinajstić information content (AvgIpc) is 2.89. The van der Waals surface area contributed by atoms with E-state index >= 15 is 0 Å². The molecule has 4 aromatic rings. The topological polar surface area (TPSA) is 46.1 Å². The second kappa shape index (κ2) is 5.74. The van der Waals surface area contributed by atoms with Crippen molar-refractivity contribution >= 4 is 39.2 Å². The van der Waals surface area contributed by atoms with Gasteiger partial charge in [-0.2, -0.15) is 0 Å². The maximum Gasteiger partial charge on any atom is 0.323 e. The van der Waals surface area contributed by atoms with Crippen molar-refractivity contribution in [3.05, 3.63) is 72.8 Å². The molecule has 1 aromatic heterocycles. The summed E-state index contributed by atoms with van der Waals surface area (Å²) in [5, 5.41) is 8.04. The number of urea groups is 1. The van der Waals surface area contributed by atoms with Crippen molar-refractivity contribution in [3.63, 3.8) is 0 Å². The minimum absolute atomic E-state index is 0.249. The fraction of sp³-hybridized carbons (Fsp3) is 0.0500. The summed E-state index contributed by atoms with van der Waals surface area (Å²) in [6.07, 6.45) is 0. The number of anilines is 2. The largest absolute Gasteiger partial charge is 0.344 e. The number of benzene rings is 3. The summed E-state index contributed by atoms with van der Waals surface area (Å²) in [7, 11) is 2.06. The molecule has 2 N–H and O–H groups in total. The van der Waals surface area contributed by atoms with Gasteiger partial charge in [0.1, 0.15) is 0 Å². The van der Waals surface area contributed by atoms with Gasteiger partial charge in [0.25, 0.3) is 0 Å². The molecule has 3 aromatic carbocycles. The lowest BCUT2D eigenvalue weighted by Gasteiger charge is -2.08. The first-order chi connectivity index (χ1) is 11.7. The number of carbonyl (C=O) groups is 1. The summed E-state index contributed by atoms with van der Waals surface area (Å²) in [6.45, 7) is 0. The van der Waals surface area contributed by atoms with Gasteiger partial charge in [-0.05, 0) is 36.4 Å². The molecule has 24 heavy (non-hydrogen) atoms. The van der Waals surface area contributed by atoms with E-state index in [1.807, 2.05) is 60.7 Å². The number of nitrogens with one attached hydrogen (secondary N) is 2. The number of aryl methyl sites for hydroxylation is 1. The van der Waals surface area contributed by atoms with Crippen molar-refractivity contribution < 1.29 is 4.79 Å². The Balaban J connectivity index is 1.65. The summed E-state index contributed by atoms with van der Waals surface area (Å²) in [5.41, 5.74) is 3.86. The zero-order chi connectivity index (χ0) is 16.5. The monoisotopic (exact) mass is 315 g/mol. The summed E-state index contributed by atoms with van der Waals surface area (Å²) < 4.78 is 2.17. The minimum Gasteiger partial charge on any atom is -0.344 e. The van der Waals surface area contributed by atoms with E-state index in [0.29, 0.717) is 0 Å². The van der Waals surface area contributed by atoms with Crippen LogP contribution in [-0.4, -0.2) is 10.6 Å². The van der Waals surface area contributed by atoms with Gasteiger partial charge >= 0.3 is 6.03 Å². The molecule has 0 atom stereocenters. The number of aromatic nitrogens is 1. The van der Waals surface area contributed by atoms with E-state index < -0.39 is 0 Å². The summed E-state index contributed by atoms with van der Waals surface area (Å²) in [5.74, 6) is 0. The number of amides is 2. The average molecular weight is 315 g/mol. The highest BCUT2D eigenvalue weighted by Gasteiger charge is 2.09. The molecular formula is C20H17N3O. The second-order valence-corrected chi connectivity index (χ2v) is 5.75. The van der Waals surface area contributed by atoms with Crippen LogP contribution in [0.25, 0.3) is 21.8 Å². The number of rotatable bonds is 2. The Morgan fingerprint density at radius 1 is 0.750 bits per heavy atom. The zero-order valence-electron chi connectivity index (χ0n) is 13.3. The summed E-state index contributed by atoms with van der Waals surface area (Å²) >= 11 is 0. The third-order valence-corrected chi connectivity index (χ3v) is 4.20. The molecule has 0 aliphatic rings. The maximum absolute atomic E-state index is 12.2. The Kier molecular flexibility index (Phi) is 3.43. The highest BCUT2D eigenvalue weighted by molar-refractivity contribution is 6.10. The third-order valence-electron chi connectivity index (χ3n) is 4.20. The Bertz CT molecular complexity index is 1030.